The number of carbonyl (C=O) groups excluding carboxylic acids is 1. The Labute approximate surface area is 132 Å². The number of benzene rings is 1. The molecule has 6 heteroatoms. The predicted molar refractivity (Wildman–Crippen MR) is 85.2 cm³/mol. The topological polar surface area (TPSA) is 57.7 Å². The van der Waals surface area contributed by atoms with Crippen LogP contribution in [0.15, 0.2) is 18.2 Å². The summed E-state index contributed by atoms with van der Waals surface area (Å²) in [5.74, 6) is 0.0890. The number of amides is 1. The molecule has 1 fully saturated rings. The van der Waals surface area contributed by atoms with Crippen LogP contribution in [0.3, 0.4) is 0 Å². The number of rotatable bonds is 3. The number of piperazine rings is 1. The molecule has 1 aliphatic carbocycles. The van der Waals surface area contributed by atoms with Crippen molar-refractivity contribution in [2.24, 2.45) is 0 Å². The van der Waals surface area contributed by atoms with E-state index >= 15 is 0 Å². The minimum absolute atomic E-state index is 0.0890. The van der Waals surface area contributed by atoms with E-state index in [9.17, 15) is 13.2 Å². The van der Waals surface area contributed by atoms with Crippen LogP contribution in [0.4, 0.5) is 0 Å². The highest BCUT2D eigenvalue weighted by Crippen LogP contribution is 2.23. The van der Waals surface area contributed by atoms with E-state index in [0.29, 0.717) is 32.6 Å². The summed E-state index contributed by atoms with van der Waals surface area (Å²) in [6.45, 7) is 1.76. The smallest absolute Gasteiger partial charge is 0.227 e. The Hall–Kier alpha value is -1.40. The second kappa shape index (κ2) is 6.01. The first-order valence-electron chi connectivity index (χ1n) is 7.77. The fourth-order valence-electron chi connectivity index (χ4n) is 3.29. The van der Waals surface area contributed by atoms with Gasteiger partial charge in [0.1, 0.15) is 0 Å². The van der Waals surface area contributed by atoms with Crippen LogP contribution < -0.4 is 0 Å². The zero-order valence-electron chi connectivity index (χ0n) is 12.9. The second-order valence-electron chi connectivity index (χ2n) is 6.18. The van der Waals surface area contributed by atoms with Crippen molar-refractivity contribution >= 4 is 15.9 Å². The van der Waals surface area contributed by atoms with Crippen molar-refractivity contribution in [3.05, 3.63) is 34.9 Å². The maximum absolute atomic E-state index is 12.4. The molecular formula is C16H22N2O3S. The maximum Gasteiger partial charge on any atom is 0.227 e. The monoisotopic (exact) mass is 322 g/mol. The lowest BCUT2D eigenvalue weighted by atomic mass is 10.0. The SMILES string of the molecule is CS(=O)(=O)N1CCN(C(=O)Cc2ccc3c(c2)CCC3)CC1. The van der Waals surface area contributed by atoms with Gasteiger partial charge in [-0.15, -0.1) is 0 Å². The van der Waals surface area contributed by atoms with Gasteiger partial charge in [-0.25, -0.2) is 8.42 Å². The highest BCUT2D eigenvalue weighted by molar-refractivity contribution is 7.88. The Morgan fingerprint density at radius 2 is 1.77 bits per heavy atom. The molecule has 0 aromatic heterocycles. The summed E-state index contributed by atoms with van der Waals surface area (Å²) in [5, 5.41) is 0. The molecule has 0 spiro atoms. The highest BCUT2D eigenvalue weighted by atomic mass is 32.2. The van der Waals surface area contributed by atoms with Crippen LogP contribution in [-0.2, 0) is 34.1 Å². The van der Waals surface area contributed by atoms with Crippen LogP contribution >= 0.6 is 0 Å². The quantitative estimate of drug-likeness (QED) is 0.828. The van der Waals surface area contributed by atoms with E-state index in [1.54, 1.807) is 4.90 Å². The number of sulfonamides is 1. The third-order valence-corrected chi connectivity index (χ3v) is 5.88. The van der Waals surface area contributed by atoms with Crippen LogP contribution in [-0.4, -0.2) is 56.0 Å². The lowest BCUT2D eigenvalue weighted by molar-refractivity contribution is -0.131. The number of hydrogen-bond donors (Lipinski definition) is 0. The van der Waals surface area contributed by atoms with Gasteiger partial charge in [-0.2, -0.15) is 4.31 Å². The molecule has 2 aliphatic rings. The number of aryl methyl sites for hydroxylation is 2. The molecule has 3 rings (SSSR count). The van der Waals surface area contributed by atoms with Crippen molar-refractivity contribution in [3.8, 4) is 0 Å². The van der Waals surface area contributed by atoms with E-state index in [-0.39, 0.29) is 5.91 Å². The van der Waals surface area contributed by atoms with E-state index < -0.39 is 10.0 Å². The molecule has 22 heavy (non-hydrogen) atoms. The second-order valence-corrected chi connectivity index (χ2v) is 8.16. The highest BCUT2D eigenvalue weighted by Gasteiger charge is 2.26. The number of fused-ring (bicyclic) bond motifs is 1. The molecule has 1 aromatic carbocycles. The summed E-state index contributed by atoms with van der Waals surface area (Å²) in [5.41, 5.74) is 3.86. The summed E-state index contributed by atoms with van der Waals surface area (Å²) in [4.78, 5) is 14.2. The molecule has 120 valence electrons. The molecule has 0 bridgehead atoms. The summed E-state index contributed by atoms with van der Waals surface area (Å²) in [6, 6.07) is 6.36. The van der Waals surface area contributed by atoms with Gasteiger partial charge < -0.3 is 4.90 Å². The van der Waals surface area contributed by atoms with Crippen LogP contribution in [0.2, 0.25) is 0 Å². The molecule has 0 N–H and O–H groups in total. The normalized spacial score (nSPS) is 19.2. The van der Waals surface area contributed by atoms with E-state index in [0.717, 1.165) is 18.4 Å². The fourth-order valence-corrected chi connectivity index (χ4v) is 4.12. The van der Waals surface area contributed by atoms with Gasteiger partial charge in [0.2, 0.25) is 15.9 Å². The molecule has 1 aromatic rings. The molecule has 0 atom stereocenters. The summed E-state index contributed by atoms with van der Waals surface area (Å²) < 4.78 is 24.4. The third kappa shape index (κ3) is 3.33. The molecule has 5 nitrogen and oxygen atoms in total. The Balaban J connectivity index is 1.59. The summed E-state index contributed by atoms with van der Waals surface area (Å²) >= 11 is 0. The first-order chi connectivity index (χ1) is 10.4. The van der Waals surface area contributed by atoms with E-state index in [1.165, 1.54) is 28.1 Å². The summed E-state index contributed by atoms with van der Waals surface area (Å²) in [7, 11) is -3.15. The maximum atomic E-state index is 12.4. The Bertz CT molecular complexity index is 677. The first kappa shape index (κ1) is 15.5. The Morgan fingerprint density at radius 1 is 1.09 bits per heavy atom. The van der Waals surface area contributed by atoms with Gasteiger partial charge in [-0.3, -0.25) is 4.79 Å². The van der Waals surface area contributed by atoms with Crippen molar-refractivity contribution in [2.75, 3.05) is 32.4 Å². The Kier molecular flexibility index (Phi) is 4.23. The van der Waals surface area contributed by atoms with Gasteiger partial charge in [0.15, 0.2) is 0 Å². The molecule has 0 unspecified atom stereocenters. The average Bonchev–Trinajstić information content (AvgIpc) is 2.94. The van der Waals surface area contributed by atoms with Gasteiger partial charge in [0.25, 0.3) is 0 Å². The number of carbonyl (C=O) groups is 1. The van der Waals surface area contributed by atoms with Crippen molar-refractivity contribution in [1.82, 2.24) is 9.21 Å². The zero-order chi connectivity index (χ0) is 15.7. The lowest BCUT2D eigenvalue weighted by Crippen LogP contribution is -2.50. The number of nitrogens with zero attached hydrogens (tertiary/aromatic N) is 2. The third-order valence-electron chi connectivity index (χ3n) is 4.58. The predicted octanol–water partition coefficient (Wildman–Crippen LogP) is 0.822. The molecule has 1 amide bonds. The van der Waals surface area contributed by atoms with Crippen LogP contribution in [0.25, 0.3) is 0 Å². The largest absolute Gasteiger partial charge is 0.340 e. The summed E-state index contributed by atoms with van der Waals surface area (Å²) in [6.07, 6.45) is 5.10. The minimum atomic E-state index is -3.15. The van der Waals surface area contributed by atoms with Gasteiger partial charge in [0, 0.05) is 26.2 Å². The van der Waals surface area contributed by atoms with Gasteiger partial charge in [0.05, 0.1) is 12.7 Å². The standard InChI is InChI=1S/C16H22N2O3S/c1-22(20,21)18-9-7-17(8-10-18)16(19)12-13-5-6-14-3-2-4-15(14)11-13/h5-6,11H,2-4,7-10,12H2,1H3. The first-order valence-corrected chi connectivity index (χ1v) is 9.62. The van der Waals surface area contributed by atoms with Gasteiger partial charge in [-0.05, 0) is 36.0 Å². The number of hydrogen-bond acceptors (Lipinski definition) is 3. The molecule has 1 aliphatic heterocycles. The van der Waals surface area contributed by atoms with Crippen LogP contribution in [0, 0.1) is 0 Å². The molecule has 1 heterocycles. The van der Waals surface area contributed by atoms with E-state index in [4.69, 9.17) is 0 Å². The van der Waals surface area contributed by atoms with E-state index in [2.05, 4.69) is 18.2 Å². The average molecular weight is 322 g/mol. The lowest BCUT2D eigenvalue weighted by Gasteiger charge is -2.33. The van der Waals surface area contributed by atoms with Gasteiger partial charge in [-0.1, -0.05) is 18.2 Å². The molecule has 0 radical (unpaired) electrons. The molecule has 0 saturated carbocycles. The van der Waals surface area contributed by atoms with Crippen LogP contribution in [0.1, 0.15) is 23.1 Å². The zero-order valence-corrected chi connectivity index (χ0v) is 13.7. The van der Waals surface area contributed by atoms with Crippen molar-refractivity contribution in [1.29, 1.82) is 0 Å². The van der Waals surface area contributed by atoms with E-state index in [1.807, 2.05) is 0 Å². The van der Waals surface area contributed by atoms with Crippen LogP contribution in [0.5, 0.6) is 0 Å². The fraction of sp³-hybridized carbons (Fsp3) is 0.562. The Morgan fingerprint density at radius 3 is 2.45 bits per heavy atom. The van der Waals surface area contributed by atoms with Crippen molar-refractivity contribution < 1.29 is 13.2 Å². The minimum Gasteiger partial charge on any atom is -0.340 e. The molecule has 1 saturated heterocycles. The molecular weight excluding hydrogens is 300 g/mol. The van der Waals surface area contributed by atoms with Crippen molar-refractivity contribution in [2.45, 2.75) is 25.7 Å². The van der Waals surface area contributed by atoms with Gasteiger partial charge >= 0.3 is 0 Å². The van der Waals surface area contributed by atoms with Crippen molar-refractivity contribution in [3.63, 3.8) is 0 Å².